The summed E-state index contributed by atoms with van der Waals surface area (Å²) >= 11 is 0. The Kier molecular flexibility index (Phi) is 6.15. The SMILES string of the molecule is C[C@@H](/C=C/C[C@H](O)[C@@H]1COC(C)(C)O1)OCc1ccccc1. The summed E-state index contributed by atoms with van der Waals surface area (Å²) in [5.41, 5.74) is 1.15. The van der Waals surface area contributed by atoms with Crippen molar-refractivity contribution in [1.82, 2.24) is 0 Å². The zero-order valence-electron chi connectivity index (χ0n) is 13.6. The molecule has 4 nitrogen and oxygen atoms in total. The average Bonchev–Trinajstić information content (AvgIpc) is 2.86. The van der Waals surface area contributed by atoms with Gasteiger partial charge in [-0.15, -0.1) is 0 Å². The Labute approximate surface area is 132 Å². The highest BCUT2D eigenvalue weighted by Crippen LogP contribution is 2.25. The van der Waals surface area contributed by atoms with E-state index in [1.54, 1.807) is 0 Å². The summed E-state index contributed by atoms with van der Waals surface area (Å²) in [6, 6.07) is 10.1. The molecule has 2 rings (SSSR count). The van der Waals surface area contributed by atoms with Crippen LogP contribution in [0.1, 0.15) is 32.8 Å². The summed E-state index contributed by atoms with van der Waals surface area (Å²) in [5, 5.41) is 10.1. The molecular weight excluding hydrogens is 280 g/mol. The van der Waals surface area contributed by atoms with Gasteiger partial charge in [0.2, 0.25) is 0 Å². The molecule has 0 amide bonds. The van der Waals surface area contributed by atoms with E-state index < -0.39 is 11.9 Å². The second-order valence-corrected chi connectivity index (χ2v) is 6.10. The van der Waals surface area contributed by atoms with Gasteiger partial charge in [-0.05, 0) is 32.8 Å². The second-order valence-electron chi connectivity index (χ2n) is 6.10. The number of hydrogen-bond donors (Lipinski definition) is 1. The minimum Gasteiger partial charge on any atom is -0.390 e. The third-order valence-electron chi connectivity index (χ3n) is 3.60. The Hall–Kier alpha value is -1.20. The van der Waals surface area contributed by atoms with Crippen LogP contribution in [0.3, 0.4) is 0 Å². The molecule has 0 spiro atoms. The number of ether oxygens (including phenoxy) is 3. The van der Waals surface area contributed by atoms with E-state index in [1.165, 1.54) is 0 Å². The van der Waals surface area contributed by atoms with Gasteiger partial charge >= 0.3 is 0 Å². The van der Waals surface area contributed by atoms with Gasteiger partial charge in [0.25, 0.3) is 0 Å². The molecule has 0 bridgehead atoms. The van der Waals surface area contributed by atoms with Crippen LogP contribution in [0.5, 0.6) is 0 Å². The van der Waals surface area contributed by atoms with Crippen LogP contribution in [-0.4, -0.2) is 35.8 Å². The van der Waals surface area contributed by atoms with Crippen LogP contribution >= 0.6 is 0 Å². The molecule has 1 fully saturated rings. The molecule has 0 unspecified atom stereocenters. The van der Waals surface area contributed by atoms with Gasteiger partial charge in [0.05, 0.1) is 25.4 Å². The van der Waals surface area contributed by atoms with Gasteiger partial charge in [-0.25, -0.2) is 0 Å². The fourth-order valence-electron chi connectivity index (χ4n) is 2.32. The van der Waals surface area contributed by atoms with E-state index in [0.717, 1.165) is 5.56 Å². The van der Waals surface area contributed by atoms with E-state index in [9.17, 15) is 5.11 Å². The van der Waals surface area contributed by atoms with Crippen LogP contribution < -0.4 is 0 Å². The van der Waals surface area contributed by atoms with Gasteiger partial charge < -0.3 is 19.3 Å². The number of benzene rings is 1. The van der Waals surface area contributed by atoms with Gasteiger partial charge in [0, 0.05) is 0 Å². The van der Waals surface area contributed by atoms with Crippen LogP contribution in [0.2, 0.25) is 0 Å². The summed E-state index contributed by atoms with van der Waals surface area (Å²) in [6.07, 6.45) is 3.62. The number of aliphatic hydroxyl groups excluding tert-OH is 1. The van der Waals surface area contributed by atoms with E-state index in [4.69, 9.17) is 14.2 Å². The molecule has 0 aromatic heterocycles. The smallest absolute Gasteiger partial charge is 0.163 e. The van der Waals surface area contributed by atoms with E-state index in [-0.39, 0.29) is 12.2 Å². The van der Waals surface area contributed by atoms with Crippen molar-refractivity contribution in [3.63, 3.8) is 0 Å². The van der Waals surface area contributed by atoms with Crippen LogP contribution in [-0.2, 0) is 20.8 Å². The van der Waals surface area contributed by atoms with Gasteiger partial charge in [-0.2, -0.15) is 0 Å². The Morgan fingerprint density at radius 2 is 2.09 bits per heavy atom. The molecule has 0 aliphatic carbocycles. The fraction of sp³-hybridized carbons (Fsp3) is 0.556. The van der Waals surface area contributed by atoms with Crippen LogP contribution in [0.4, 0.5) is 0 Å². The molecule has 4 heteroatoms. The summed E-state index contributed by atoms with van der Waals surface area (Å²) < 4.78 is 16.8. The molecule has 22 heavy (non-hydrogen) atoms. The number of rotatable bonds is 7. The van der Waals surface area contributed by atoms with Gasteiger partial charge in [0.1, 0.15) is 6.10 Å². The Balaban J connectivity index is 1.68. The summed E-state index contributed by atoms with van der Waals surface area (Å²) in [6.45, 7) is 6.72. The molecular formula is C18H26O4. The first-order valence-corrected chi connectivity index (χ1v) is 7.78. The maximum Gasteiger partial charge on any atom is 0.163 e. The first kappa shape index (κ1) is 17.2. The largest absolute Gasteiger partial charge is 0.390 e. The molecule has 0 radical (unpaired) electrons. The molecule has 0 saturated carbocycles. The zero-order chi connectivity index (χ0) is 16.0. The van der Waals surface area contributed by atoms with Crippen molar-refractivity contribution in [3.05, 3.63) is 48.0 Å². The van der Waals surface area contributed by atoms with E-state index in [1.807, 2.05) is 63.3 Å². The van der Waals surface area contributed by atoms with Crippen molar-refractivity contribution >= 4 is 0 Å². The van der Waals surface area contributed by atoms with Crippen molar-refractivity contribution in [2.75, 3.05) is 6.61 Å². The van der Waals surface area contributed by atoms with Crippen molar-refractivity contribution < 1.29 is 19.3 Å². The molecule has 122 valence electrons. The Morgan fingerprint density at radius 3 is 2.73 bits per heavy atom. The molecule has 1 saturated heterocycles. The normalized spacial score (nSPS) is 23.7. The highest BCUT2D eigenvalue weighted by molar-refractivity contribution is 5.13. The standard InChI is InChI=1S/C18H26O4/c1-14(20-12-15-9-5-4-6-10-15)8-7-11-16(19)17-13-21-18(2,3)22-17/h4-10,14,16-17,19H,11-13H2,1-3H3/b8-7+/t14-,16-,17-/m0/s1. The number of aliphatic hydroxyl groups is 1. The Morgan fingerprint density at radius 1 is 1.36 bits per heavy atom. The van der Waals surface area contributed by atoms with Crippen molar-refractivity contribution in [3.8, 4) is 0 Å². The van der Waals surface area contributed by atoms with Crippen molar-refractivity contribution in [2.24, 2.45) is 0 Å². The van der Waals surface area contributed by atoms with E-state index >= 15 is 0 Å². The third-order valence-corrected chi connectivity index (χ3v) is 3.60. The quantitative estimate of drug-likeness (QED) is 0.787. The maximum absolute atomic E-state index is 10.1. The van der Waals surface area contributed by atoms with Gasteiger partial charge in [-0.3, -0.25) is 0 Å². The van der Waals surface area contributed by atoms with E-state index in [2.05, 4.69) is 0 Å². The minimum atomic E-state index is -0.596. The Bertz CT molecular complexity index is 469. The van der Waals surface area contributed by atoms with Crippen LogP contribution in [0.25, 0.3) is 0 Å². The van der Waals surface area contributed by atoms with Crippen molar-refractivity contribution in [1.29, 1.82) is 0 Å². The topological polar surface area (TPSA) is 47.9 Å². The third kappa shape index (κ3) is 5.54. The summed E-state index contributed by atoms with van der Waals surface area (Å²) in [5.74, 6) is -0.596. The van der Waals surface area contributed by atoms with Crippen molar-refractivity contribution in [2.45, 2.75) is 57.9 Å². The zero-order valence-corrected chi connectivity index (χ0v) is 13.6. The molecule has 1 aromatic rings. The minimum absolute atomic E-state index is 0.00425. The molecule has 1 aromatic carbocycles. The predicted molar refractivity (Wildman–Crippen MR) is 85.4 cm³/mol. The summed E-state index contributed by atoms with van der Waals surface area (Å²) in [4.78, 5) is 0. The monoisotopic (exact) mass is 306 g/mol. The lowest BCUT2D eigenvalue weighted by molar-refractivity contribution is -0.150. The molecule has 1 aliphatic rings. The highest BCUT2D eigenvalue weighted by Gasteiger charge is 2.36. The average molecular weight is 306 g/mol. The second kappa shape index (κ2) is 7.88. The summed E-state index contributed by atoms with van der Waals surface area (Å²) in [7, 11) is 0. The lowest BCUT2D eigenvalue weighted by Crippen LogP contribution is -2.30. The van der Waals surface area contributed by atoms with Crippen LogP contribution in [0.15, 0.2) is 42.5 Å². The lowest BCUT2D eigenvalue weighted by Gasteiger charge is -2.19. The highest BCUT2D eigenvalue weighted by atomic mass is 16.7. The van der Waals surface area contributed by atoms with Gasteiger partial charge in [-0.1, -0.05) is 42.5 Å². The molecule has 1 heterocycles. The number of hydrogen-bond acceptors (Lipinski definition) is 4. The fourth-order valence-corrected chi connectivity index (χ4v) is 2.32. The predicted octanol–water partition coefficient (Wildman–Crippen LogP) is 3.05. The maximum atomic E-state index is 10.1. The molecule has 3 atom stereocenters. The first-order valence-electron chi connectivity index (χ1n) is 7.78. The lowest BCUT2D eigenvalue weighted by atomic mass is 10.1. The van der Waals surface area contributed by atoms with E-state index in [0.29, 0.717) is 19.6 Å². The first-order chi connectivity index (χ1) is 10.5. The van der Waals surface area contributed by atoms with Crippen LogP contribution in [0, 0.1) is 0 Å². The molecule has 1 aliphatic heterocycles. The van der Waals surface area contributed by atoms with Gasteiger partial charge in [0.15, 0.2) is 5.79 Å². The molecule has 1 N–H and O–H groups in total.